The smallest absolute Gasteiger partial charge is 0.175 e. The molecule has 0 atom stereocenters. The fraction of sp³-hybridized carbons (Fsp3) is 0.250. The maximum atomic E-state index is 13.1. The lowest BCUT2D eigenvalue weighted by atomic mass is 10.1. The van der Waals surface area contributed by atoms with E-state index in [0.717, 1.165) is 0 Å². The highest BCUT2D eigenvalue weighted by atomic mass is 127. The monoisotopic (exact) mass is 302 g/mol. The van der Waals surface area contributed by atoms with Gasteiger partial charge in [-0.15, -0.1) is 0 Å². The van der Waals surface area contributed by atoms with Gasteiger partial charge in [-0.05, 0) is 35.1 Å². The molecule has 0 amide bonds. The topological polar surface area (TPSA) is 20.2 Å². The van der Waals surface area contributed by atoms with Crippen LogP contribution in [-0.4, -0.2) is 5.11 Å². The minimum atomic E-state index is -1.24. The van der Waals surface area contributed by atoms with E-state index in [1.54, 1.807) is 0 Å². The van der Waals surface area contributed by atoms with E-state index < -0.39 is 24.1 Å². The predicted octanol–water partition coefficient (Wildman–Crippen LogP) is 2.51. The minimum Gasteiger partial charge on any atom is -0.392 e. The Morgan fingerprint density at radius 2 is 1.69 bits per heavy atom. The molecule has 1 nitrogen and oxygen atoms in total. The van der Waals surface area contributed by atoms with Crippen molar-refractivity contribution in [2.24, 2.45) is 0 Å². The molecule has 13 heavy (non-hydrogen) atoms. The number of hydrogen-bond acceptors (Lipinski definition) is 1. The number of aliphatic hydroxyl groups is 1. The second-order valence-electron chi connectivity index (χ2n) is 2.52. The van der Waals surface area contributed by atoms with Gasteiger partial charge < -0.3 is 5.11 Å². The van der Waals surface area contributed by atoms with Gasteiger partial charge in [0.2, 0.25) is 0 Å². The van der Waals surface area contributed by atoms with Crippen molar-refractivity contribution in [3.63, 3.8) is 0 Å². The maximum absolute atomic E-state index is 13.1. The van der Waals surface area contributed by atoms with Crippen molar-refractivity contribution in [3.05, 3.63) is 32.1 Å². The summed E-state index contributed by atoms with van der Waals surface area (Å²) >= 11 is 1.38. The molecular formula is C8H6F3IO. The molecular weight excluding hydrogens is 296 g/mol. The Morgan fingerprint density at radius 1 is 1.15 bits per heavy atom. The highest BCUT2D eigenvalue weighted by Crippen LogP contribution is 2.25. The van der Waals surface area contributed by atoms with Gasteiger partial charge >= 0.3 is 0 Å². The third-order valence-corrected chi connectivity index (χ3v) is 2.73. The van der Waals surface area contributed by atoms with Crippen LogP contribution in [0.4, 0.5) is 13.2 Å². The van der Waals surface area contributed by atoms with E-state index in [-0.39, 0.29) is 14.7 Å². The molecule has 0 saturated heterocycles. The van der Waals surface area contributed by atoms with E-state index in [4.69, 9.17) is 5.11 Å². The summed E-state index contributed by atoms with van der Waals surface area (Å²) in [6, 6.07) is 0. The van der Waals surface area contributed by atoms with Crippen LogP contribution in [-0.2, 0) is 6.61 Å². The zero-order valence-electron chi connectivity index (χ0n) is 6.67. The average molecular weight is 302 g/mol. The maximum Gasteiger partial charge on any atom is 0.175 e. The van der Waals surface area contributed by atoms with E-state index in [1.807, 2.05) is 0 Å². The van der Waals surface area contributed by atoms with Gasteiger partial charge in [0, 0.05) is 5.56 Å². The molecule has 1 N–H and O–H groups in total. The van der Waals surface area contributed by atoms with Crippen molar-refractivity contribution < 1.29 is 18.3 Å². The van der Waals surface area contributed by atoms with Crippen molar-refractivity contribution in [3.8, 4) is 0 Å². The van der Waals surface area contributed by atoms with Gasteiger partial charge in [-0.25, -0.2) is 13.2 Å². The largest absolute Gasteiger partial charge is 0.392 e. The molecule has 0 bridgehead atoms. The van der Waals surface area contributed by atoms with Crippen LogP contribution < -0.4 is 0 Å². The quantitative estimate of drug-likeness (QED) is 0.480. The standard InChI is InChI=1S/C8H6F3IO/c1-3-4(2-13)6(10)7(11)8(12)5(3)9/h13H,2H2,1H3. The molecule has 1 aromatic carbocycles. The SMILES string of the molecule is Cc1c(F)c(I)c(F)c(F)c1CO. The Balaban J connectivity index is 3.56. The van der Waals surface area contributed by atoms with Gasteiger partial charge in [0.05, 0.1) is 10.2 Å². The lowest BCUT2D eigenvalue weighted by Crippen LogP contribution is -2.05. The van der Waals surface area contributed by atoms with Gasteiger partial charge in [0.1, 0.15) is 5.82 Å². The van der Waals surface area contributed by atoms with Crippen LogP contribution in [0, 0.1) is 27.9 Å². The van der Waals surface area contributed by atoms with Gasteiger partial charge in [0.15, 0.2) is 11.6 Å². The molecule has 0 aromatic heterocycles. The van der Waals surface area contributed by atoms with Crippen LogP contribution >= 0.6 is 22.6 Å². The first kappa shape index (κ1) is 10.8. The fourth-order valence-corrected chi connectivity index (χ4v) is 1.62. The predicted molar refractivity (Wildman–Crippen MR) is 49.7 cm³/mol. The number of halogens is 4. The third-order valence-electron chi connectivity index (χ3n) is 1.78. The van der Waals surface area contributed by atoms with E-state index in [1.165, 1.54) is 29.5 Å². The Hall–Kier alpha value is -0.300. The van der Waals surface area contributed by atoms with Crippen LogP contribution in [0.25, 0.3) is 0 Å². The minimum absolute atomic E-state index is 0.0502. The lowest BCUT2D eigenvalue weighted by Gasteiger charge is -2.08. The Bertz CT molecular complexity index is 323. The molecule has 0 aliphatic rings. The number of hydrogen-bond donors (Lipinski definition) is 1. The molecule has 5 heteroatoms. The molecule has 0 saturated carbocycles. The second-order valence-corrected chi connectivity index (χ2v) is 3.60. The molecule has 0 fully saturated rings. The summed E-state index contributed by atoms with van der Waals surface area (Å²) in [5.41, 5.74) is -0.374. The number of rotatable bonds is 1. The zero-order valence-corrected chi connectivity index (χ0v) is 8.82. The first-order valence-electron chi connectivity index (χ1n) is 3.43. The molecule has 0 radical (unpaired) electrons. The van der Waals surface area contributed by atoms with Crippen molar-refractivity contribution >= 4 is 22.6 Å². The van der Waals surface area contributed by atoms with E-state index in [2.05, 4.69) is 0 Å². The summed E-state index contributed by atoms with van der Waals surface area (Å²) < 4.78 is 38.6. The summed E-state index contributed by atoms with van der Waals surface area (Å²) in [7, 11) is 0. The summed E-state index contributed by atoms with van der Waals surface area (Å²) in [5, 5.41) is 8.66. The normalized spacial score (nSPS) is 10.6. The van der Waals surface area contributed by atoms with Crippen LogP contribution in [0.1, 0.15) is 11.1 Å². The van der Waals surface area contributed by atoms with Crippen molar-refractivity contribution in [2.75, 3.05) is 0 Å². The highest BCUT2D eigenvalue weighted by Gasteiger charge is 2.20. The van der Waals surface area contributed by atoms with Gasteiger partial charge in [-0.1, -0.05) is 0 Å². The average Bonchev–Trinajstić information content (AvgIpc) is 2.13. The van der Waals surface area contributed by atoms with E-state index in [9.17, 15) is 13.2 Å². The van der Waals surface area contributed by atoms with Crippen molar-refractivity contribution in [2.45, 2.75) is 13.5 Å². The number of aliphatic hydroxyl groups excluding tert-OH is 1. The van der Waals surface area contributed by atoms with E-state index >= 15 is 0 Å². The fourth-order valence-electron chi connectivity index (χ4n) is 0.975. The summed E-state index contributed by atoms with van der Waals surface area (Å²) in [6.45, 7) is 0.591. The Morgan fingerprint density at radius 3 is 2.15 bits per heavy atom. The molecule has 72 valence electrons. The Kier molecular flexibility index (Phi) is 3.18. The van der Waals surface area contributed by atoms with Crippen LogP contribution in [0.5, 0.6) is 0 Å². The number of benzene rings is 1. The molecule has 1 rings (SSSR count). The summed E-state index contributed by atoms with van der Waals surface area (Å²) in [5.74, 6) is -3.23. The Labute approximate surface area is 86.7 Å². The summed E-state index contributed by atoms with van der Waals surface area (Å²) in [6.07, 6.45) is 0. The first-order chi connectivity index (χ1) is 6.00. The molecule has 0 heterocycles. The van der Waals surface area contributed by atoms with Crippen molar-refractivity contribution in [1.29, 1.82) is 0 Å². The molecule has 0 aliphatic carbocycles. The zero-order chi connectivity index (χ0) is 10.2. The molecule has 1 aromatic rings. The van der Waals surface area contributed by atoms with E-state index in [0.29, 0.717) is 0 Å². The highest BCUT2D eigenvalue weighted by molar-refractivity contribution is 14.1. The second kappa shape index (κ2) is 3.83. The lowest BCUT2D eigenvalue weighted by molar-refractivity contribution is 0.271. The van der Waals surface area contributed by atoms with Gasteiger partial charge in [-0.3, -0.25) is 0 Å². The third kappa shape index (κ3) is 1.67. The summed E-state index contributed by atoms with van der Waals surface area (Å²) in [4.78, 5) is 0. The molecule has 0 aliphatic heterocycles. The molecule has 0 unspecified atom stereocenters. The van der Waals surface area contributed by atoms with Crippen LogP contribution in [0.15, 0.2) is 0 Å². The van der Waals surface area contributed by atoms with Crippen molar-refractivity contribution in [1.82, 2.24) is 0 Å². The van der Waals surface area contributed by atoms with Crippen LogP contribution in [0.2, 0.25) is 0 Å². The first-order valence-corrected chi connectivity index (χ1v) is 4.50. The van der Waals surface area contributed by atoms with Gasteiger partial charge in [0.25, 0.3) is 0 Å². The van der Waals surface area contributed by atoms with Crippen LogP contribution in [0.3, 0.4) is 0 Å². The van der Waals surface area contributed by atoms with Gasteiger partial charge in [-0.2, -0.15) is 0 Å². The molecule has 0 spiro atoms.